The van der Waals surface area contributed by atoms with Crippen molar-refractivity contribution in [3.05, 3.63) is 36.0 Å². The monoisotopic (exact) mass is 523 g/mol. The first-order chi connectivity index (χ1) is 18.3. The summed E-state index contributed by atoms with van der Waals surface area (Å²) in [4.78, 5) is 60.9. The fourth-order valence-corrected chi connectivity index (χ4v) is 5.58. The summed E-state index contributed by atoms with van der Waals surface area (Å²) in [5.41, 5.74) is 1.85. The molecule has 2 aliphatic heterocycles. The van der Waals surface area contributed by atoms with E-state index >= 15 is 0 Å². The molecule has 4 rings (SSSR count). The average molecular weight is 524 g/mol. The summed E-state index contributed by atoms with van der Waals surface area (Å²) in [6, 6.07) is 5.56. The molecule has 0 aliphatic carbocycles. The predicted molar refractivity (Wildman–Crippen MR) is 146 cm³/mol. The summed E-state index contributed by atoms with van der Waals surface area (Å²) in [7, 11) is 0. The molecule has 206 valence electrons. The number of nitrogens with one attached hydrogen (secondary N) is 3. The van der Waals surface area contributed by atoms with Crippen LogP contribution < -0.4 is 10.6 Å². The van der Waals surface area contributed by atoms with Crippen molar-refractivity contribution in [2.45, 2.75) is 83.8 Å². The lowest BCUT2D eigenvalue weighted by atomic mass is 9.96. The first-order valence-electron chi connectivity index (χ1n) is 14.1. The lowest BCUT2D eigenvalue weighted by Gasteiger charge is -2.35. The minimum atomic E-state index is -0.887. The van der Waals surface area contributed by atoms with Gasteiger partial charge in [0.05, 0.1) is 6.54 Å². The molecule has 3 N–H and O–H groups in total. The molecule has 2 fully saturated rings. The minimum absolute atomic E-state index is 0.129. The third-order valence-corrected chi connectivity index (χ3v) is 8.03. The van der Waals surface area contributed by atoms with Crippen LogP contribution in [0.4, 0.5) is 0 Å². The maximum absolute atomic E-state index is 13.8. The standard InChI is InChI=1S/C29H41N5O4/c1-4-6-9-14-33-18-25(35)31-23(16-20-17-30-22-12-8-7-11-21(20)22)27(36)32-26(19(3)5-2)29(38)34-15-10-13-24(34)28(33)37/h7-8,11-12,17,19,23-24,26,30H,4-6,9-10,13-16,18H2,1-3H3,(H,31,35)(H,32,36)/t19?,23-,24+,26-/m0/s1. The van der Waals surface area contributed by atoms with Crippen LogP contribution in [0.25, 0.3) is 10.9 Å². The molecule has 2 aromatic rings. The smallest absolute Gasteiger partial charge is 0.246 e. The van der Waals surface area contributed by atoms with Crippen molar-refractivity contribution in [1.82, 2.24) is 25.4 Å². The van der Waals surface area contributed by atoms with Gasteiger partial charge in [-0.2, -0.15) is 0 Å². The molecule has 1 unspecified atom stereocenters. The number of aromatic nitrogens is 1. The predicted octanol–water partition coefficient (Wildman–Crippen LogP) is 2.75. The molecular weight excluding hydrogens is 482 g/mol. The molecule has 1 aromatic carbocycles. The number of nitrogens with zero attached hydrogens (tertiary/aromatic N) is 2. The third-order valence-electron chi connectivity index (χ3n) is 8.03. The molecule has 0 bridgehead atoms. The van der Waals surface area contributed by atoms with Gasteiger partial charge >= 0.3 is 0 Å². The van der Waals surface area contributed by atoms with Crippen LogP contribution in [0, 0.1) is 5.92 Å². The zero-order chi connectivity index (χ0) is 27.2. The van der Waals surface area contributed by atoms with Gasteiger partial charge in [0.25, 0.3) is 0 Å². The number of rotatable bonds is 8. The Kier molecular flexibility index (Phi) is 9.07. The van der Waals surface area contributed by atoms with E-state index in [0.717, 1.165) is 42.1 Å². The van der Waals surface area contributed by atoms with E-state index in [4.69, 9.17) is 0 Å². The number of unbranched alkanes of at least 4 members (excludes halogenated alkanes) is 2. The number of amides is 4. The molecule has 1 aromatic heterocycles. The van der Waals surface area contributed by atoms with E-state index in [-0.39, 0.29) is 42.5 Å². The second kappa shape index (κ2) is 12.5. The first-order valence-corrected chi connectivity index (χ1v) is 14.1. The van der Waals surface area contributed by atoms with E-state index in [0.29, 0.717) is 25.9 Å². The molecule has 0 saturated carbocycles. The molecule has 4 amide bonds. The Hall–Kier alpha value is -3.36. The SMILES string of the molecule is CCCCCN1CC(=O)N[C@@H](Cc2c[nH]c3ccccc23)C(=O)N[C@@H](C(C)CC)C(=O)N2CCC[C@@H]2C1=O. The van der Waals surface area contributed by atoms with E-state index in [2.05, 4.69) is 22.5 Å². The van der Waals surface area contributed by atoms with Gasteiger partial charge in [0.15, 0.2) is 0 Å². The molecule has 38 heavy (non-hydrogen) atoms. The van der Waals surface area contributed by atoms with E-state index in [1.165, 1.54) is 0 Å². The van der Waals surface area contributed by atoms with Crippen LogP contribution in [-0.2, 0) is 25.6 Å². The van der Waals surface area contributed by atoms with Crippen LogP contribution >= 0.6 is 0 Å². The summed E-state index contributed by atoms with van der Waals surface area (Å²) in [5.74, 6) is -1.27. The summed E-state index contributed by atoms with van der Waals surface area (Å²) < 4.78 is 0. The lowest BCUT2D eigenvalue weighted by molar-refractivity contribution is -0.148. The van der Waals surface area contributed by atoms with Crippen molar-refractivity contribution in [1.29, 1.82) is 0 Å². The molecular formula is C29H41N5O4. The highest BCUT2D eigenvalue weighted by atomic mass is 16.2. The average Bonchev–Trinajstić information content (AvgIpc) is 3.57. The van der Waals surface area contributed by atoms with E-state index in [9.17, 15) is 19.2 Å². The maximum atomic E-state index is 13.8. The molecule has 0 radical (unpaired) electrons. The van der Waals surface area contributed by atoms with Gasteiger partial charge in [0.1, 0.15) is 18.1 Å². The van der Waals surface area contributed by atoms with E-state index < -0.39 is 18.1 Å². The Labute approximate surface area is 224 Å². The fraction of sp³-hybridized carbons (Fsp3) is 0.586. The van der Waals surface area contributed by atoms with Crippen LogP contribution in [0.5, 0.6) is 0 Å². The van der Waals surface area contributed by atoms with E-state index in [1.807, 2.05) is 44.3 Å². The van der Waals surface area contributed by atoms with Gasteiger partial charge in [0, 0.05) is 36.6 Å². The van der Waals surface area contributed by atoms with Crippen LogP contribution in [0.3, 0.4) is 0 Å². The van der Waals surface area contributed by atoms with Crippen molar-refractivity contribution in [2.75, 3.05) is 19.6 Å². The van der Waals surface area contributed by atoms with Crippen molar-refractivity contribution in [2.24, 2.45) is 5.92 Å². The zero-order valence-corrected chi connectivity index (χ0v) is 22.8. The van der Waals surface area contributed by atoms with Crippen molar-refractivity contribution < 1.29 is 19.2 Å². The number of fused-ring (bicyclic) bond motifs is 2. The second-order valence-electron chi connectivity index (χ2n) is 10.7. The number of carbonyl (C=O) groups is 4. The third kappa shape index (κ3) is 6.03. The quantitative estimate of drug-likeness (QED) is 0.462. The van der Waals surface area contributed by atoms with Gasteiger partial charge < -0.3 is 25.4 Å². The molecule has 9 heteroatoms. The fourth-order valence-electron chi connectivity index (χ4n) is 5.58. The number of benzene rings is 1. The lowest BCUT2D eigenvalue weighted by Crippen LogP contribution is -2.61. The molecule has 2 saturated heterocycles. The molecule has 3 heterocycles. The van der Waals surface area contributed by atoms with Gasteiger partial charge in [-0.15, -0.1) is 0 Å². The molecule has 0 spiro atoms. The number of hydrogen-bond donors (Lipinski definition) is 3. The first kappa shape index (κ1) is 27.7. The minimum Gasteiger partial charge on any atom is -0.361 e. The Morgan fingerprint density at radius 2 is 1.82 bits per heavy atom. The summed E-state index contributed by atoms with van der Waals surface area (Å²) in [5, 5.41) is 6.84. The maximum Gasteiger partial charge on any atom is 0.246 e. The van der Waals surface area contributed by atoms with Crippen molar-refractivity contribution in [3.63, 3.8) is 0 Å². The zero-order valence-electron chi connectivity index (χ0n) is 22.8. The highest BCUT2D eigenvalue weighted by Gasteiger charge is 2.42. The number of hydrogen-bond acceptors (Lipinski definition) is 4. The van der Waals surface area contributed by atoms with Crippen molar-refractivity contribution >= 4 is 34.5 Å². The summed E-state index contributed by atoms with van der Waals surface area (Å²) in [6.45, 7) is 6.80. The van der Waals surface area contributed by atoms with Crippen molar-refractivity contribution in [3.8, 4) is 0 Å². The van der Waals surface area contributed by atoms with E-state index in [1.54, 1.807) is 9.80 Å². The largest absolute Gasteiger partial charge is 0.361 e. The highest BCUT2D eigenvalue weighted by Crippen LogP contribution is 2.24. The summed E-state index contributed by atoms with van der Waals surface area (Å²) >= 11 is 0. The van der Waals surface area contributed by atoms with Crippen LogP contribution in [-0.4, -0.2) is 76.2 Å². The van der Waals surface area contributed by atoms with Gasteiger partial charge in [-0.05, 0) is 36.8 Å². The Bertz CT molecular complexity index is 1160. The molecule has 2 aliphatic rings. The number of H-pyrrole nitrogens is 1. The van der Waals surface area contributed by atoms with Crippen LogP contribution in [0.2, 0.25) is 0 Å². The topological polar surface area (TPSA) is 115 Å². The molecule has 9 nitrogen and oxygen atoms in total. The second-order valence-corrected chi connectivity index (χ2v) is 10.7. The van der Waals surface area contributed by atoms with Crippen LogP contribution in [0.1, 0.15) is 64.9 Å². The number of para-hydroxylation sites is 1. The Morgan fingerprint density at radius 1 is 1.03 bits per heavy atom. The number of aromatic amines is 1. The highest BCUT2D eigenvalue weighted by molar-refractivity contribution is 5.97. The van der Waals surface area contributed by atoms with Gasteiger partial charge in [-0.1, -0.05) is 58.2 Å². The van der Waals surface area contributed by atoms with Gasteiger partial charge in [-0.3, -0.25) is 19.2 Å². The Balaban J connectivity index is 1.68. The Morgan fingerprint density at radius 3 is 2.58 bits per heavy atom. The van der Waals surface area contributed by atoms with Crippen LogP contribution in [0.15, 0.2) is 30.5 Å². The van der Waals surface area contributed by atoms with Gasteiger partial charge in [0.2, 0.25) is 23.6 Å². The van der Waals surface area contributed by atoms with Gasteiger partial charge in [-0.25, -0.2) is 0 Å². The summed E-state index contributed by atoms with van der Waals surface area (Å²) in [6.07, 6.45) is 6.82. The normalized spacial score (nSPS) is 24.0. The molecule has 4 atom stereocenters. The number of carbonyl (C=O) groups excluding carboxylic acids is 4.